The summed E-state index contributed by atoms with van der Waals surface area (Å²) in [6, 6.07) is 2.31. The fourth-order valence-electron chi connectivity index (χ4n) is 1.61. The molecule has 0 aromatic carbocycles. The second kappa shape index (κ2) is 5.26. The summed E-state index contributed by atoms with van der Waals surface area (Å²) in [4.78, 5) is 3.32. The Bertz CT molecular complexity index is 524. The Morgan fingerprint density at radius 2 is 2.05 bits per heavy atom. The number of hydrogen-bond acceptors (Lipinski definition) is 3. The van der Waals surface area contributed by atoms with Crippen molar-refractivity contribution < 1.29 is 8.42 Å². The Morgan fingerprint density at radius 3 is 2.63 bits per heavy atom. The van der Waals surface area contributed by atoms with Crippen LogP contribution in [-0.4, -0.2) is 26.0 Å². The SMILES string of the molecule is CC(C)(C)CNS(=O)(=O)c1c[nH]c(CNC2CC2)c1. The van der Waals surface area contributed by atoms with Gasteiger partial charge in [0.2, 0.25) is 10.0 Å². The van der Waals surface area contributed by atoms with Crippen LogP contribution in [0.2, 0.25) is 0 Å². The second-order valence-corrected chi connectivity index (χ2v) is 8.17. The minimum atomic E-state index is -3.40. The van der Waals surface area contributed by atoms with Gasteiger partial charge in [-0.25, -0.2) is 13.1 Å². The maximum absolute atomic E-state index is 12.1. The van der Waals surface area contributed by atoms with Gasteiger partial charge in [0.1, 0.15) is 0 Å². The first-order valence-corrected chi connectivity index (χ1v) is 8.15. The van der Waals surface area contributed by atoms with Crippen molar-refractivity contribution in [2.75, 3.05) is 6.54 Å². The van der Waals surface area contributed by atoms with Gasteiger partial charge in [-0.3, -0.25) is 0 Å². The maximum Gasteiger partial charge on any atom is 0.242 e. The first-order valence-electron chi connectivity index (χ1n) is 6.67. The molecule has 1 fully saturated rings. The van der Waals surface area contributed by atoms with E-state index < -0.39 is 10.0 Å². The van der Waals surface area contributed by atoms with Gasteiger partial charge in [0.25, 0.3) is 0 Å². The van der Waals surface area contributed by atoms with E-state index >= 15 is 0 Å². The molecule has 0 saturated heterocycles. The van der Waals surface area contributed by atoms with E-state index in [-0.39, 0.29) is 5.41 Å². The number of aromatic amines is 1. The van der Waals surface area contributed by atoms with E-state index in [1.165, 1.54) is 12.8 Å². The number of H-pyrrole nitrogens is 1. The van der Waals surface area contributed by atoms with Crippen LogP contribution in [0.15, 0.2) is 17.2 Å². The van der Waals surface area contributed by atoms with E-state index in [0.29, 0.717) is 24.0 Å². The predicted molar refractivity (Wildman–Crippen MR) is 75.3 cm³/mol. The first kappa shape index (κ1) is 14.6. The summed E-state index contributed by atoms with van der Waals surface area (Å²) in [6.07, 6.45) is 3.99. The molecule has 1 aliphatic rings. The molecular weight excluding hydrogens is 262 g/mol. The van der Waals surface area contributed by atoms with Crippen LogP contribution in [0.4, 0.5) is 0 Å². The van der Waals surface area contributed by atoms with Crippen LogP contribution in [-0.2, 0) is 16.6 Å². The van der Waals surface area contributed by atoms with E-state index in [1.807, 2.05) is 20.8 Å². The zero-order valence-corrected chi connectivity index (χ0v) is 12.6. The van der Waals surface area contributed by atoms with Crippen molar-refractivity contribution in [3.05, 3.63) is 18.0 Å². The van der Waals surface area contributed by atoms with Gasteiger partial charge in [0.15, 0.2) is 0 Å². The van der Waals surface area contributed by atoms with Crippen molar-refractivity contribution in [2.45, 2.75) is 51.1 Å². The average Bonchev–Trinajstić information content (AvgIpc) is 3.00. The molecule has 108 valence electrons. The van der Waals surface area contributed by atoms with E-state index in [2.05, 4.69) is 15.0 Å². The van der Waals surface area contributed by atoms with Crippen molar-refractivity contribution >= 4 is 10.0 Å². The number of rotatable bonds is 6. The number of sulfonamides is 1. The Morgan fingerprint density at radius 1 is 1.37 bits per heavy atom. The highest BCUT2D eigenvalue weighted by Crippen LogP contribution is 2.20. The third kappa shape index (κ3) is 4.63. The van der Waals surface area contributed by atoms with Gasteiger partial charge in [-0.15, -0.1) is 0 Å². The summed E-state index contributed by atoms with van der Waals surface area (Å²) >= 11 is 0. The van der Waals surface area contributed by atoms with Crippen LogP contribution in [0.3, 0.4) is 0 Å². The Kier molecular flexibility index (Phi) is 4.03. The van der Waals surface area contributed by atoms with Gasteiger partial charge >= 0.3 is 0 Å². The molecule has 3 N–H and O–H groups in total. The summed E-state index contributed by atoms with van der Waals surface area (Å²) in [6.45, 7) is 7.11. The molecule has 0 aliphatic heterocycles. The molecule has 1 heterocycles. The summed E-state index contributed by atoms with van der Waals surface area (Å²) < 4.78 is 26.8. The third-order valence-corrected chi connectivity index (χ3v) is 4.36. The molecule has 0 unspecified atom stereocenters. The highest BCUT2D eigenvalue weighted by molar-refractivity contribution is 7.89. The third-order valence-electron chi connectivity index (χ3n) is 2.98. The van der Waals surface area contributed by atoms with E-state index in [4.69, 9.17) is 0 Å². The zero-order chi connectivity index (χ0) is 14.1. The van der Waals surface area contributed by atoms with Gasteiger partial charge < -0.3 is 10.3 Å². The van der Waals surface area contributed by atoms with Crippen LogP contribution in [0.25, 0.3) is 0 Å². The molecule has 0 radical (unpaired) electrons. The van der Waals surface area contributed by atoms with E-state index in [9.17, 15) is 8.42 Å². The van der Waals surface area contributed by atoms with Crippen LogP contribution >= 0.6 is 0 Å². The molecule has 1 saturated carbocycles. The molecule has 5 nitrogen and oxygen atoms in total. The zero-order valence-electron chi connectivity index (χ0n) is 11.8. The lowest BCUT2D eigenvalue weighted by atomic mass is 9.98. The smallest absolute Gasteiger partial charge is 0.242 e. The van der Waals surface area contributed by atoms with Crippen molar-refractivity contribution in [2.24, 2.45) is 5.41 Å². The predicted octanol–water partition coefficient (Wildman–Crippen LogP) is 1.59. The number of hydrogen-bond donors (Lipinski definition) is 3. The summed E-state index contributed by atoms with van der Waals surface area (Å²) in [7, 11) is -3.40. The van der Waals surface area contributed by atoms with Crippen LogP contribution < -0.4 is 10.0 Å². The van der Waals surface area contributed by atoms with Gasteiger partial charge in [-0.05, 0) is 24.3 Å². The van der Waals surface area contributed by atoms with Crippen molar-refractivity contribution in [3.63, 3.8) is 0 Å². The lowest BCUT2D eigenvalue weighted by Crippen LogP contribution is -2.32. The van der Waals surface area contributed by atoms with Gasteiger partial charge in [0, 0.05) is 31.0 Å². The summed E-state index contributed by atoms with van der Waals surface area (Å²) in [5.41, 5.74) is 0.836. The first-order chi connectivity index (χ1) is 8.76. The molecule has 0 bridgehead atoms. The Hall–Kier alpha value is -0.850. The van der Waals surface area contributed by atoms with E-state index in [1.54, 1.807) is 12.3 Å². The van der Waals surface area contributed by atoms with Crippen LogP contribution in [0.5, 0.6) is 0 Å². The lowest BCUT2D eigenvalue weighted by molar-refractivity contribution is 0.407. The minimum Gasteiger partial charge on any atom is -0.363 e. The highest BCUT2D eigenvalue weighted by atomic mass is 32.2. The minimum absolute atomic E-state index is 0.0697. The van der Waals surface area contributed by atoms with Crippen molar-refractivity contribution in [3.8, 4) is 0 Å². The van der Waals surface area contributed by atoms with E-state index in [0.717, 1.165) is 5.69 Å². The maximum atomic E-state index is 12.1. The summed E-state index contributed by atoms with van der Waals surface area (Å²) in [5.74, 6) is 0. The van der Waals surface area contributed by atoms with Crippen LogP contribution in [0.1, 0.15) is 39.3 Å². The molecule has 0 amide bonds. The summed E-state index contributed by atoms with van der Waals surface area (Å²) in [5, 5.41) is 3.35. The monoisotopic (exact) mass is 285 g/mol. The molecule has 6 heteroatoms. The highest BCUT2D eigenvalue weighted by Gasteiger charge is 2.22. The number of aromatic nitrogens is 1. The molecule has 1 aromatic rings. The molecule has 19 heavy (non-hydrogen) atoms. The fraction of sp³-hybridized carbons (Fsp3) is 0.692. The van der Waals surface area contributed by atoms with Crippen molar-refractivity contribution in [1.29, 1.82) is 0 Å². The molecule has 2 rings (SSSR count). The standard InChI is InChI=1S/C13H23N3O2S/c1-13(2,3)9-16-19(17,18)12-6-11(15-8-12)7-14-10-4-5-10/h6,8,10,14-16H,4-5,7,9H2,1-3H3. The normalized spacial score (nSPS) is 16.8. The lowest BCUT2D eigenvalue weighted by Gasteiger charge is -2.18. The molecule has 0 atom stereocenters. The molecule has 1 aromatic heterocycles. The second-order valence-electron chi connectivity index (χ2n) is 6.40. The molecular formula is C13H23N3O2S. The van der Waals surface area contributed by atoms with Gasteiger partial charge in [-0.2, -0.15) is 0 Å². The Labute approximate surface area is 115 Å². The molecule has 0 spiro atoms. The quantitative estimate of drug-likeness (QED) is 0.743. The topological polar surface area (TPSA) is 74.0 Å². The van der Waals surface area contributed by atoms with Crippen LogP contribution in [0, 0.1) is 5.41 Å². The van der Waals surface area contributed by atoms with Crippen molar-refractivity contribution in [1.82, 2.24) is 15.0 Å². The van der Waals surface area contributed by atoms with Gasteiger partial charge in [-0.1, -0.05) is 20.8 Å². The molecule has 1 aliphatic carbocycles. The number of nitrogens with one attached hydrogen (secondary N) is 3. The van der Waals surface area contributed by atoms with Gasteiger partial charge in [0.05, 0.1) is 4.90 Å². The largest absolute Gasteiger partial charge is 0.363 e. The fourth-order valence-corrected chi connectivity index (χ4v) is 2.91. The average molecular weight is 285 g/mol. The Balaban J connectivity index is 1.95.